The summed E-state index contributed by atoms with van der Waals surface area (Å²) in [5.41, 5.74) is 3.82. The van der Waals surface area contributed by atoms with Gasteiger partial charge in [-0.25, -0.2) is 0 Å². The summed E-state index contributed by atoms with van der Waals surface area (Å²) in [5.74, 6) is 0.674. The van der Waals surface area contributed by atoms with Crippen LogP contribution in [0, 0.1) is 13.8 Å². The Balaban J connectivity index is 2.99. The minimum Gasteiger partial charge on any atom is -0.309 e. The highest BCUT2D eigenvalue weighted by atomic mass is 32.2. The zero-order valence-electron chi connectivity index (χ0n) is 13.7. The Morgan fingerprint density at radius 3 is 2.45 bits per heavy atom. The van der Waals surface area contributed by atoms with Crippen LogP contribution >= 0.6 is 0 Å². The maximum atomic E-state index is 12.5. The largest absolute Gasteiger partial charge is 0.309 e. The molecule has 3 heteroatoms. The monoisotopic (exact) mass is 295 g/mol. The van der Waals surface area contributed by atoms with Gasteiger partial charge in [0.05, 0.1) is 0 Å². The Morgan fingerprint density at radius 1 is 1.25 bits per heavy atom. The van der Waals surface area contributed by atoms with Crippen LogP contribution in [-0.4, -0.2) is 21.3 Å². The van der Waals surface area contributed by atoms with Gasteiger partial charge in [-0.1, -0.05) is 30.7 Å². The van der Waals surface area contributed by atoms with Crippen LogP contribution in [0.2, 0.25) is 0 Å². The lowest BCUT2D eigenvalue weighted by Crippen LogP contribution is -2.33. The summed E-state index contributed by atoms with van der Waals surface area (Å²) in [6, 6.07) is 6.69. The van der Waals surface area contributed by atoms with Gasteiger partial charge in [-0.2, -0.15) is 0 Å². The van der Waals surface area contributed by atoms with Crippen LogP contribution in [0.5, 0.6) is 0 Å². The highest BCUT2D eigenvalue weighted by Crippen LogP contribution is 2.23. The molecular weight excluding hydrogens is 266 g/mol. The van der Waals surface area contributed by atoms with Crippen LogP contribution in [0.4, 0.5) is 0 Å². The molecule has 1 aromatic rings. The van der Waals surface area contributed by atoms with Crippen molar-refractivity contribution in [2.45, 2.75) is 58.8 Å². The van der Waals surface area contributed by atoms with Crippen molar-refractivity contribution >= 4 is 10.8 Å². The van der Waals surface area contributed by atoms with Crippen molar-refractivity contribution in [1.29, 1.82) is 0 Å². The average Bonchev–Trinajstić information content (AvgIpc) is 2.36. The number of hydrogen-bond donors (Lipinski definition) is 1. The van der Waals surface area contributed by atoms with E-state index in [4.69, 9.17) is 0 Å². The lowest BCUT2D eigenvalue weighted by molar-refractivity contribution is 0.561. The second-order valence-corrected chi connectivity index (χ2v) is 8.74. The summed E-state index contributed by atoms with van der Waals surface area (Å²) in [6.07, 6.45) is 1.09. The predicted octanol–water partition coefficient (Wildman–Crippen LogP) is 3.89. The van der Waals surface area contributed by atoms with Crippen molar-refractivity contribution in [3.63, 3.8) is 0 Å². The van der Waals surface area contributed by atoms with Crippen molar-refractivity contribution in [1.82, 2.24) is 5.32 Å². The minimum atomic E-state index is -0.849. The molecule has 2 unspecified atom stereocenters. The SMILES string of the molecule is CCCNC(CS(=O)C(C)(C)C)c1cc(C)ccc1C. The highest BCUT2D eigenvalue weighted by Gasteiger charge is 2.24. The van der Waals surface area contributed by atoms with Gasteiger partial charge in [-0.05, 0) is 58.7 Å². The Labute approximate surface area is 126 Å². The summed E-state index contributed by atoms with van der Waals surface area (Å²) < 4.78 is 12.3. The normalized spacial score (nSPS) is 15.1. The fourth-order valence-electron chi connectivity index (χ4n) is 2.11. The standard InChI is InChI=1S/C17H29NOS/c1-7-10-18-16(12-20(19)17(4,5)6)15-11-13(2)8-9-14(15)3/h8-9,11,16,18H,7,10,12H2,1-6H3. The van der Waals surface area contributed by atoms with E-state index in [1.54, 1.807) is 0 Å². The van der Waals surface area contributed by atoms with Gasteiger partial charge < -0.3 is 5.32 Å². The average molecular weight is 295 g/mol. The van der Waals surface area contributed by atoms with Gasteiger partial charge in [0.15, 0.2) is 0 Å². The van der Waals surface area contributed by atoms with Gasteiger partial charge in [-0.15, -0.1) is 0 Å². The smallest absolute Gasteiger partial charge is 0.0439 e. The fraction of sp³-hybridized carbons (Fsp3) is 0.647. The van der Waals surface area contributed by atoms with Crippen LogP contribution in [-0.2, 0) is 10.8 Å². The maximum Gasteiger partial charge on any atom is 0.0439 e. The van der Waals surface area contributed by atoms with E-state index in [9.17, 15) is 4.21 Å². The second-order valence-electron chi connectivity index (χ2n) is 6.49. The molecule has 0 saturated carbocycles. The third-order valence-electron chi connectivity index (χ3n) is 3.45. The van der Waals surface area contributed by atoms with Gasteiger partial charge in [0.1, 0.15) is 0 Å². The molecule has 114 valence electrons. The van der Waals surface area contributed by atoms with Crippen LogP contribution in [0.15, 0.2) is 18.2 Å². The molecular formula is C17H29NOS. The molecule has 2 nitrogen and oxygen atoms in total. The highest BCUT2D eigenvalue weighted by molar-refractivity contribution is 7.86. The molecule has 0 heterocycles. The van der Waals surface area contributed by atoms with Crippen molar-refractivity contribution < 1.29 is 4.21 Å². The Morgan fingerprint density at radius 2 is 1.90 bits per heavy atom. The van der Waals surface area contributed by atoms with E-state index < -0.39 is 10.8 Å². The quantitative estimate of drug-likeness (QED) is 0.862. The van der Waals surface area contributed by atoms with Crippen molar-refractivity contribution in [3.8, 4) is 0 Å². The zero-order valence-corrected chi connectivity index (χ0v) is 14.6. The van der Waals surface area contributed by atoms with E-state index in [1.165, 1.54) is 16.7 Å². The van der Waals surface area contributed by atoms with E-state index >= 15 is 0 Å². The van der Waals surface area contributed by atoms with Crippen LogP contribution in [0.25, 0.3) is 0 Å². The predicted molar refractivity (Wildman–Crippen MR) is 89.7 cm³/mol. The first kappa shape index (κ1) is 17.4. The van der Waals surface area contributed by atoms with Crippen LogP contribution < -0.4 is 5.32 Å². The Hall–Kier alpha value is -0.670. The van der Waals surface area contributed by atoms with E-state index in [1.807, 2.05) is 20.8 Å². The van der Waals surface area contributed by atoms with Crippen molar-refractivity contribution in [2.24, 2.45) is 0 Å². The number of nitrogens with one attached hydrogen (secondary N) is 1. The molecule has 1 N–H and O–H groups in total. The number of hydrogen-bond acceptors (Lipinski definition) is 2. The topological polar surface area (TPSA) is 29.1 Å². The number of rotatable bonds is 6. The summed E-state index contributed by atoms with van der Waals surface area (Å²) in [6.45, 7) is 13.5. The van der Waals surface area contributed by atoms with E-state index in [0.717, 1.165) is 13.0 Å². The molecule has 0 aromatic heterocycles. The molecule has 0 aliphatic carbocycles. The Kier molecular flexibility index (Phi) is 6.41. The summed E-state index contributed by atoms with van der Waals surface area (Å²) >= 11 is 0. The first-order valence-corrected chi connectivity index (χ1v) is 8.76. The molecule has 2 atom stereocenters. The third-order valence-corrected chi connectivity index (χ3v) is 5.45. The molecule has 0 radical (unpaired) electrons. The van der Waals surface area contributed by atoms with Gasteiger partial charge in [-0.3, -0.25) is 4.21 Å². The molecule has 1 aromatic carbocycles. The molecule has 0 saturated heterocycles. The summed E-state index contributed by atoms with van der Waals surface area (Å²) in [5, 5.41) is 3.56. The zero-order chi connectivity index (χ0) is 15.3. The first-order chi connectivity index (χ1) is 9.25. The van der Waals surface area contributed by atoms with E-state index in [-0.39, 0.29) is 10.8 Å². The molecule has 0 fully saturated rings. The maximum absolute atomic E-state index is 12.5. The first-order valence-electron chi connectivity index (χ1n) is 7.44. The molecule has 0 aliphatic heterocycles. The number of aryl methyl sites for hydroxylation is 2. The van der Waals surface area contributed by atoms with E-state index in [0.29, 0.717) is 5.75 Å². The van der Waals surface area contributed by atoms with Crippen molar-refractivity contribution in [2.75, 3.05) is 12.3 Å². The van der Waals surface area contributed by atoms with Gasteiger partial charge in [0, 0.05) is 27.3 Å². The molecule has 0 amide bonds. The van der Waals surface area contributed by atoms with Crippen LogP contribution in [0.1, 0.15) is 56.8 Å². The summed E-state index contributed by atoms with van der Waals surface area (Å²) in [7, 11) is -0.849. The summed E-state index contributed by atoms with van der Waals surface area (Å²) in [4.78, 5) is 0. The van der Waals surface area contributed by atoms with Gasteiger partial charge in [0.25, 0.3) is 0 Å². The molecule has 0 spiro atoms. The van der Waals surface area contributed by atoms with Crippen molar-refractivity contribution in [3.05, 3.63) is 34.9 Å². The molecule has 0 aliphatic rings. The lowest BCUT2D eigenvalue weighted by Gasteiger charge is -2.25. The molecule has 1 rings (SSSR count). The molecule has 20 heavy (non-hydrogen) atoms. The third kappa shape index (κ3) is 5.02. The molecule has 0 bridgehead atoms. The lowest BCUT2D eigenvalue weighted by atomic mass is 10.00. The fourth-order valence-corrected chi connectivity index (χ4v) is 3.21. The van der Waals surface area contributed by atoms with E-state index in [2.05, 4.69) is 44.3 Å². The minimum absolute atomic E-state index is 0.163. The van der Waals surface area contributed by atoms with Gasteiger partial charge >= 0.3 is 0 Å². The number of benzene rings is 1. The van der Waals surface area contributed by atoms with Crippen LogP contribution in [0.3, 0.4) is 0 Å². The van der Waals surface area contributed by atoms with Gasteiger partial charge in [0.2, 0.25) is 0 Å². The Bertz CT molecular complexity index is 463. The second kappa shape index (κ2) is 7.37.